The molecule has 2 nitrogen and oxygen atoms in total. The molecule has 0 saturated carbocycles. The highest BCUT2D eigenvalue weighted by atomic mass is 16.5. The summed E-state index contributed by atoms with van der Waals surface area (Å²) >= 11 is 0. The Labute approximate surface area is 75.0 Å². The van der Waals surface area contributed by atoms with Gasteiger partial charge in [0, 0.05) is 19.7 Å². The van der Waals surface area contributed by atoms with Crippen LogP contribution in [0.4, 0.5) is 0 Å². The summed E-state index contributed by atoms with van der Waals surface area (Å²) < 4.78 is 5.48. The monoisotopic (exact) mass is 169 g/mol. The third-order valence-corrected chi connectivity index (χ3v) is 2.27. The Hall–Kier alpha value is -0.340. The van der Waals surface area contributed by atoms with Gasteiger partial charge in [0.05, 0.1) is 6.10 Å². The van der Waals surface area contributed by atoms with Crippen molar-refractivity contribution in [3.63, 3.8) is 0 Å². The van der Waals surface area contributed by atoms with Crippen LogP contribution in [0.15, 0.2) is 12.2 Å². The van der Waals surface area contributed by atoms with Gasteiger partial charge in [-0.15, -0.1) is 0 Å². The Morgan fingerprint density at radius 3 is 3.08 bits per heavy atom. The fourth-order valence-electron chi connectivity index (χ4n) is 1.34. The van der Waals surface area contributed by atoms with Gasteiger partial charge in [0.25, 0.3) is 0 Å². The van der Waals surface area contributed by atoms with Crippen LogP contribution in [0.5, 0.6) is 0 Å². The van der Waals surface area contributed by atoms with Crippen LogP contribution < -0.4 is 5.32 Å². The molecule has 70 valence electrons. The molecule has 0 bridgehead atoms. The molecule has 1 aliphatic heterocycles. The van der Waals surface area contributed by atoms with Crippen LogP contribution >= 0.6 is 0 Å². The van der Waals surface area contributed by atoms with Crippen LogP contribution in [-0.2, 0) is 4.74 Å². The first-order valence-corrected chi connectivity index (χ1v) is 4.82. The summed E-state index contributed by atoms with van der Waals surface area (Å²) in [5, 5.41) is 3.35. The maximum atomic E-state index is 5.48. The minimum Gasteiger partial charge on any atom is -0.377 e. The van der Waals surface area contributed by atoms with Gasteiger partial charge in [-0.05, 0) is 19.3 Å². The van der Waals surface area contributed by atoms with E-state index in [-0.39, 0.29) is 0 Å². The van der Waals surface area contributed by atoms with Crippen LogP contribution in [0.1, 0.15) is 26.2 Å². The van der Waals surface area contributed by atoms with Crippen LogP contribution in [0.2, 0.25) is 0 Å². The summed E-state index contributed by atoms with van der Waals surface area (Å²) in [5.41, 5.74) is 1.27. The first-order chi connectivity index (χ1) is 5.83. The Morgan fingerprint density at radius 1 is 1.67 bits per heavy atom. The first-order valence-electron chi connectivity index (χ1n) is 4.82. The smallest absolute Gasteiger partial charge is 0.0700 e. The Balaban J connectivity index is 1.97. The largest absolute Gasteiger partial charge is 0.377 e. The molecule has 0 aromatic heterocycles. The molecule has 1 N–H and O–H groups in total. The van der Waals surface area contributed by atoms with Gasteiger partial charge in [-0.1, -0.05) is 19.1 Å². The molecule has 1 aliphatic rings. The molecule has 1 saturated heterocycles. The maximum absolute atomic E-state index is 5.48. The molecule has 0 spiro atoms. The van der Waals surface area contributed by atoms with Crippen molar-refractivity contribution in [1.29, 1.82) is 0 Å². The predicted octanol–water partition coefficient (Wildman–Crippen LogP) is 1.72. The van der Waals surface area contributed by atoms with Crippen molar-refractivity contribution in [2.24, 2.45) is 0 Å². The molecule has 1 unspecified atom stereocenters. The molecule has 1 fully saturated rings. The van der Waals surface area contributed by atoms with Crippen LogP contribution in [-0.4, -0.2) is 25.8 Å². The molecule has 1 heterocycles. The van der Waals surface area contributed by atoms with Gasteiger partial charge in [0.2, 0.25) is 0 Å². The van der Waals surface area contributed by atoms with Crippen LogP contribution in [0.25, 0.3) is 0 Å². The molecule has 0 aromatic carbocycles. The molecule has 12 heavy (non-hydrogen) atoms. The van der Waals surface area contributed by atoms with E-state index in [4.69, 9.17) is 4.74 Å². The minimum absolute atomic E-state index is 0.453. The second-order valence-electron chi connectivity index (χ2n) is 3.37. The fourth-order valence-corrected chi connectivity index (χ4v) is 1.34. The van der Waals surface area contributed by atoms with E-state index < -0.39 is 0 Å². The Bertz CT molecular complexity index is 139. The van der Waals surface area contributed by atoms with E-state index in [0.29, 0.717) is 6.10 Å². The zero-order chi connectivity index (χ0) is 8.81. The Kier molecular flexibility index (Phi) is 4.33. The molecule has 2 heteroatoms. The summed E-state index contributed by atoms with van der Waals surface area (Å²) in [6.45, 7) is 8.94. The van der Waals surface area contributed by atoms with Crippen LogP contribution in [0, 0.1) is 0 Å². The number of hydrogen-bond donors (Lipinski definition) is 1. The Morgan fingerprint density at radius 2 is 2.50 bits per heavy atom. The third kappa shape index (κ3) is 3.37. The summed E-state index contributed by atoms with van der Waals surface area (Å²) in [6.07, 6.45) is 3.96. The SMILES string of the molecule is C=C(CC)CNCC1CCCO1. The lowest BCUT2D eigenvalue weighted by atomic mass is 10.2. The van der Waals surface area contributed by atoms with E-state index in [9.17, 15) is 0 Å². The second-order valence-corrected chi connectivity index (χ2v) is 3.37. The van der Waals surface area contributed by atoms with Crippen molar-refractivity contribution in [3.8, 4) is 0 Å². The fraction of sp³-hybridized carbons (Fsp3) is 0.800. The first kappa shape index (κ1) is 9.75. The van der Waals surface area contributed by atoms with E-state index in [1.165, 1.54) is 18.4 Å². The zero-order valence-corrected chi connectivity index (χ0v) is 7.94. The van der Waals surface area contributed by atoms with Gasteiger partial charge >= 0.3 is 0 Å². The average molecular weight is 169 g/mol. The third-order valence-electron chi connectivity index (χ3n) is 2.27. The van der Waals surface area contributed by atoms with E-state index in [2.05, 4.69) is 18.8 Å². The second kappa shape index (κ2) is 5.33. The van der Waals surface area contributed by atoms with Gasteiger partial charge in [0.1, 0.15) is 0 Å². The van der Waals surface area contributed by atoms with Crippen molar-refractivity contribution in [2.45, 2.75) is 32.3 Å². The topological polar surface area (TPSA) is 21.3 Å². The zero-order valence-electron chi connectivity index (χ0n) is 7.94. The summed E-state index contributed by atoms with van der Waals surface area (Å²) in [5.74, 6) is 0. The molecule has 0 aromatic rings. The minimum atomic E-state index is 0.453. The number of ether oxygens (including phenoxy) is 1. The van der Waals surface area contributed by atoms with Gasteiger partial charge in [0.15, 0.2) is 0 Å². The highest BCUT2D eigenvalue weighted by Crippen LogP contribution is 2.10. The lowest BCUT2D eigenvalue weighted by Gasteiger charge is -2.10. The van der Waals surface area contributed by atoms with Crippen LogP contribution in [0.3, 0.4) is 0 Å². The van der Waals surface area contributed by atoms with Gasteiger partial charge in [-0.25, -0.2) is 0 Å². The molecular formula is C10H19NO. The van der Waals surface area contributed by atoms with Crippen molar-refractivity contribution >= 4 is 0 Å². The van der Waals surface area contributed by atoms with Gasteiger partial charge in [-0.2, -0.15) is 0 Å². The molecule has 0 radical (unpaired) electrons. The molecule has 1 atom stereocenters. The molecular weight excluding hydrogens is 150 g/mol. The number of nitrogens with one attached hydrogen (secondary N) is 1. The quantitative estimate of drug-likeness (QED) is 0.633. The standard InChI is InChI=1S/C10H19NO/c1-3-9(2)7-11-8-10-5-4-6-12-10/h10-11H,2-8H2,1H3. The average Bonchev–Trinajstić information content (AvgIpc) is 2.57. The van der Waals surface area contributed by atoms with E-state index >= 15 is 0 Å². The summed E-state index contributed by atoms with van der Waals surface area (Å²) in [4.78, 5) is 0. The summed E-state index contributed by atoms with van der Waals surface area (Å²) in [6, 6.07) is 0. The highest BCUT2D eigenvalue weighted by molar-refractivity contribution is 4.95. The number of hydrogen-bond acceptors (Lipinski definition) is 2. The highest BCUT2D eigenvalue weighted by Gasteiger charge is 2.14. The molecule has 1 rings (SSSR count). The van der Waals surface area contributed by atoms with Crippen molar-refractivity contribution in [3.05, 3.63) is 12.2 Å². The van der Waals surface area contributed by atoms with E-state index in [1.54, 1.807) is 0 Å². The molecule has 0 amide bonds. The van der Waals surface area contributed by atoms with Gasteiger partial charge < -0.3 is 10.1 Å². The van der Waals surface area contributed by atoms with Crippen molar-refractivity contribution in [1.82, 2.24) is 5.32 Å². The number of rotatable bonds is 5. The van der Waals surface area contributed by atoms with Gasteiger partial charge in [-0.3, -0.25) is 0 Å². The van der Waals surface area contributed by atoms with Crippen molar-refractivity contribution < 1.29 is 4.74 Å². The lowest BCUT2D eigenvalue weighted by molar-refractivity contribution is 0.111. The normalized spacial score (nSPS) is 22.9. The van der Waals surface area contributed by atoms with E-state index in [0.717, 1.165) is 26.1 Å². The van der Waals surface area contributed by atoms with Crippen molar-refractivity contribution in [2.75, 3.05) is 19.7 Å². The molecule has 0 aliphatic carbocycles. The van der Waals surface area contributed by atoms with E-state index in [1.807, 2.05) is 0 Å². The summed E-state index contributed by atoms with van der Waals surface area (Å²) in [7, 11) is 0. The predicted molar refractivity (Wildman–Crippen MR) is 51.3 cm³/mol. The maximum Gasteiger partial charge on any atom is 0.0700 e. The lowest BCUT2D eigenvalue weighted by Crippen LogP contribution is -2.27.